The summed E-state index contributed by atoms with van der Waals surface area (Å²) >= 11 is 0. The first-order valence-electron chi connectivity index (χ1n) is 10.5. The number of ether oxygens (including phenoxy) is 1. The van der Waals surface area contributed by atoms with Gasteiger partial charge in [-0.2, -0.15) is 10.4 Å². The van der Waals surface area contributed by atoms with Crippen LogP contribution in [0, 0.1) is 24.2 Å². The van der Waals surface area contributed by atoms with Crippen LogP contribution in [0.5, 0.6) is 0 Å². The first kappa shape index (κ1) is 18.4. The number of pyridine rings is 1. The summed E-state index contributed by atoms with van der Waals surface area (Å²) < 4.78 is 7.48. The normalized spacial score (nSPS) is 26.8. The van der Waals surface area contributed by atoms with E-state index in [2.05, 4.69) is 28.6 Å². The van der Waals surface area contributed by atoms with Gasteiger partial charge in [0.05, 0.1) is 34.5 Å². The molecule has 8 heteroatoms. The van der Waals surface area contributed by atoms with Gasteiger partial charge in [-0.25, -0.2) is 9.67 Å². The molecule has 1 N–H and O–H groups in total. The molecule has 1 saturated heterocycles. The standard InChI is InChI=1S/C21H26N6O2/c1-3-27-20-18(13(2)25-27)19(24-15-4-6-28-7-5-15)16(12-23-20)17-10-21(29-26-17)8-14(9-21)11-22/h12,14-15H,3-10H2,1-2H3,(H,23,24). The van der Waals surface area contributed by atoms with Crippen molar-refractivity contribution in [3.8, 4) is 6.07 Å². The molecule has 0 radical (unpaired) electrons. The van der Waals surface area contributed by atoms with E-state index in [0.717, 1.165) is 85.6 Å². The Balaban J connectivity index is 1.53. The number of aromatic nitrogens is 3. The number of nitrogens with one attached hydrogen (secondary N) is 1. The SMILES string of the molecule is CCn1nc(C)c2c(NC3CCOCC3)c(C3=NOC4(C3)CC(C#N)C4)cnc21. The molecule has 4 heterocycles. The van der Waals surface area contributed by atoms with Crippen molar-refractivity contribution >= 4 is 22.4 Å². The minimum Gasteiger partial charge on any atom is -0.388 e. The van der Waals surface area contributed by atoms with Gasteiger partial charge in [0.25, 0.3) is 0 Å². The lowest BCUT2D eigenvalue weighted by atomic mass is 9.69. The molecule has 1 spiro atoms. The Hall–Kier alpha value is -2.66. The highest BCUT2D eigenvalue weighted by Gasteiger charge is 2.51. The van der Waals surface area contributed by atoms with Crippen molar-refractivity contribution in [1.82, 2.24) is 14.8 Å². The highest BCUT2D eigenvalue weighted by atomic mass is 16.7. The Morgan fingerprint density at radius 2 is 2.14 bits per heavy atom. The average Bonchev–Trinajstić information content (AvgIpc) is 3.30. The summed E-state index contributed by atoms with van der Waals surface area (Å²) in [5.74, 6) is 0.0787. The molecule has 0 amide bonds. The second kappa shape index (κ2) is 6.99. The fourth-order valence-corrected chi connectivity index (χ4v) is 4.77. The maximum atomic E-state index is 9.13. The number of hydrogen-bond donors (Lipinski definition) is 1. The third-order valence-corrected chi connectivity index (χ3v) is 6.37. The van der Waals surface area contributed by atoms with Gasteiger partial charge in [-0.3, -0.25) is 0 Å². The molecular weight excluding hydrogens is 368 g/mol. The van der Waals surface area contributed by atoms with E-state index in [1.54, 1.807) is 0 Å². The van der Waals surface area contributed by atoms with Crippen molar-refractivity contribution in [3.05, 3.63) is 17.5 Å². The van der Waals surface area contributed by atoms with Gasteiger partial charge in [0.15, 0.2) is 5.65 Å². The smallest absolute Gasteiger partial charge is 0.160 e. The predicted molar refractivity (Wildman–Crippen MR) is 109 cm³/mol. The Labute approximate surface area is 169 Å². The number of oxime groups is 1. The molecule has 0 unspecified atom stereocenters. The number of nitriles is 1. The van der Waals surface area contributed by atoms with Crippen LogP contribution in [0.25, 0.3) is 11.0 Å². The first-order valence-corrected chi connectivity index (χ1v) is 10.5. The lowest BCUT2D eigenvalue weighted by Gasteiger charge is -2.38. The lowest BCUT2D eigenvalue weighted by molar-refractivity contribution is -0.0941. The van der Waals surface area contributed by atoms with Crippen molar-refractivity contribution in [2.75, 3.05) is 18.5 Å². The van der Waals surface area contributed by atoms with Crippen LogP contribution >= 0.6 is 0 Å². The van der Waals surface area contributed by atoms with Crippen LogP contribution in [0.15, 0.2) is 11.4 Å². The van der Waals surface area contributed by atoms with Gasteiger partial charge in [-0.05, 0) is 26.7 Å². The number of rotatable bonds is 4. The monoisotopic (exact) mass is 394 g/mol. The number of fused-ring (bicyclic) bond motifs is 1. The number of nitrogens with zero attached hydrogens (tertiary/aromatic N) is 5. The Bertz CT molecular complexity index is 1010. The van der Waals surface area contributed by atoms with E-state index in [1.165, 1.54) is 0 Å². The molecule has 2 aromatic rings. The molecule has 2 aromatic heterocycles. The summed E-state index contributed by atoms with van der Waals surface area (Å²) in [5, 5.41) is 23.1. The number of hydrogen-bond acceptors (Lipinski definition) is 7. The zero-order chi connectivity index (χ0) is 20.0. The van der Waals surface area contributed by atoms with Crippen molar-refractivity contribution in [2.24, 2.45) is 11.1 Å². The van der Waals surface area contributed by atoms with Gasteiger partial charge in [-0.15, -0.1) is 0 Å². The molecular formula is C21H26N6O2. The van der Waals surface area contributed by atoms with Crippen LogP contribution in [0.1, 0.15) is 50.3 Å². The molecule has 1 aliphatic carbocycles. The Morgan fingerprint density at radius 3 is 2.86 bits per heavy atom. The van der Waals surface area contributed by atoms with Crippen molar-refractivity contribution < 1.29 is 9.57 Å². The van der Waals surface area contributed by atoms with Crippen molar-refractivity contribution in [3.63, 3.8) is 0 Å². The maximum absolute atomic E-state index is 9.13. The third kappa shape index (κ3) is 3.04. The first-order chi connectivity index (χ1) is 14.1. The zero-order valence-corrected chi connectivity index (χ0v) is 16.9. The van der Waals surface area contributed by atoms with E-state index in [1.807, 2.05) is 17.8 Å². The zero-order valence-electron chi connectivity index (χ0n) is 16.9. The fourth-order valence-electron chi connectivity index (χ4n) is 4.77. The molecule has 3 aliphatic rings. The van der Waals surface area contributed by atoms with Crippen LogP contribution in [0.3, 0.4) is 0 Å². The van der Waals surface area contributed by atoms with Crippen LogP contribution < -0.4 is 5.32 Å². The van der Waals surface area contributed by atoms with Crippen molar-refractivity contribution in [2.45, 2.75) is 64.1 Å². The summed E-state index contributed by atoms with van der Waals surface area (Å²) in [6, 6.07) is 2.68. The summed E-state index contributed by atoms with van der Waals surface area (Å²) in [5.41, 5.74) is 4.51. The predicted octanol–water partition coefficient (Wildman–Crippen LogP) is 3.15. The minimum absolute atomic E-state index is 0.0787. The van der Waals surface area contributed by atoms with E-state index in [4.69, 9.17) is 19.8 Å². The molecule has 1 saturated carbocycles. The van der Waals surface area contributed by atoms with Gasteiger partial charge < -0.3 is 14.9 Å². The molecule has 152 valence electrons. The van der Waals surface area contributed by atoms with Crippen molar-refractivity contribution in [1.29, 1.82) is 5.26 Å². The maximum Gasteiger partial charge on any atom is 0.160 e. The van der Waals surface area contributed by atoms with Crippen LogP contribution in [-0.4, -0.2) is 45.3 Å². The van der Waals surface area contributed by atoms with Crippen LogP contribution in [0.2, 0.25) is 0 Å². The summed E-state index contributed by atoms with van der Waals surface area (Å²) in [6.07, 6.45) is 6.08. The second-order valence-electron chi connectivity index (χ2n) is 8.40. The number of aryl methyl sites for hydroxylation is 2. The lowest BCUT2D eigenvalue weighted by Crippen LogP contribution is -2.43. The molecule has 0 aromatic carbocycles. The fraction of sp³-hybridized carbons (Fsp3) is 0.619. The highest BCUT2D eigenvalue weighted by molar-refractivity contribution is 6.11. The van der Waals surface area contributed by atoms with E-state index in [-0.39, 0.29) is 11.5 Å². The minimum atomic E-state index is -0.302. The average molecular weight is 394 g/mol. The largest absolute Gasteiger partial charge is 0.388 e. The topological polar surface area (TPSA) is 97.4 Å². The van der Waals surface area contributed by atoms with Gasteiger partial charge in [0.2, 0.25) is 0 Å². The van der Waals surface area contributed by atoms with E-state index < -0.39 is 0 Å². The summed E-state index contributed by atoms with van der Waals surface area (Å²) in [7, 11) is 0. The highest BCUT2D eigenvalue weighted by Crippen LogP contribution is 2.47. The third-order valence-electron chi connectivity index (χ3n) is 6.37. The molecule has 29 heavy (non-hydrogen) atoms. The van der Waals surface area contributed by atoms with E-state index in [0.29, 0.717) is 6.04 Å². The molecule has 2 fully saturated rings. The molecule has 8 nitrogen and oxygen atoms in total. The molecule has 2 aliphatic heterocycles. The molecule has 5 rings (SSSR count). The van der Waals surface area contributed by atoms with Gasteiger partial charge >= 0.3 is 0 Å². The number of anilines is 1. The van der Waals surface area contributed by atoms with Crippen LogP contribution in [-0.2, 0) is 16.1 Å². The Kier molecular flexibility index (Phi) is 4.43. The summed E-state index contributed by atoms with van der Waals surface area (Å²) in [6.45, 7) is 6.44. The van der Waals surface area contributed by atoms with Gasteiger partial charge in [-0.1, -0.05) is 5.16 Å². The van der Waals surface area contributed by atoms with Gasteiger partial charge in [0, 0.05) is 56.8 Å². The van der Waals surface area contributed by atoms with Gasteiger partial charge in [0.1, 0.15) is 5.60 Å². The van der Waals surface area contributed by atoms with E-state index >= 15 is 0 Å². The molecule has 0 bridgehead atoms. The van der Waals surface area contributed by atoms with E-state index in [9.17, 15) is 0 Å². The quantitative estimate of drug-likeness (QED) is 0.856. The Morgan fingerprint density at radius 1 is 1.34 bits per heavy atom. The van der Waals surface area contributed by atoms with Crippen LogP contribution in [0.4, 0.5) is 5.69 Å². The summed E-state index contributed by atoms with van der Waals surface area (Å²) in [4.78, 5) is 10.6. The second-order valence-corrected chi connectivity index (χ2v) is 8.40. The molecule has 0 atom stereocenters.